The minimum atomic E-state index is -5.11. The first-order valence-electron chi connectivity index (χ1n) is 18.1. The van der Waals surface area contributed by atoms with Crippen molar-refractivity contribution in [1.29, 1.82) is 0 Å². The fourth-order valence-corrected chi connectivity index (χ4v) is 7.10. The quantitative estimate of drug-likeness (QED) is 0.111. The molecule has 1 fully saturated rings. The Bertz CT molecular complexity index is 2250. The zero-order valence-corrected chi connectivity index (χ0v) is 31.6. The van der Waals surface area contributed by atoms with Crippen molar-refractivity contribution in [3.05, 3.63) is 159 Å². The highest BCUT2D eigenvalue weighted by atomic mass is 19.4. The molecule has 4 atom stereocenters. The first kappa shape index (κ1) is 41.3. The number of hydrogen-bond donors (Lipinski definition) is 4. The monoisotopic (exact) mass is 798 g/mol. The van der Waals surface area contributed by atoms with Crippen LogP contribution >= 0.6 is 0 Å². The number of benzene rings is 4. The summed E-state index contributed by atoms with van der Waals surface area (Å²) in [6.07, 6.45) is -7.99. The number of hydrogen-bond acceptors (Lipinski definition) is 9. The van der Waals surface area contributed by atoms with E-state index < -0.39 is 60.2 Å². The highest BCUT2D eigenvalue weighted by Gasteiger charge is 2.52. The highest BCUT2D eigenvalue weighted by molar-refractivity contribution is 6.04. The van der Waals surface area contributed by atoms with Crippen LogP contribution in [0.25, 0.3) is 6.08 Å². The van der Waals surface area contributed by atoms with Gasteiger partial charge in [-0.05, 0) is 66.1 Å². The van der Waals surface area contributed by atoms with Gasteiger partial charge in [-0.3, -0.25) is 14.2 Å². The molecule has 0 spiro atoms. The third-order valence-corrected chi connectivity index (χ3v) is 9.96. The zero-order valence-electron chi connectivity index (χ0n) is 31.6. The standard InChI is InChI=1S/C43H41F3N4O8/c1-26(24-47-40(54)43(44,45)46)22-28-25-50(41(55)49-38(28)48-39(53)27-10-6-4-7-11-27)35-23-34(51)36(58-35)37(52)42(29-12-8-5-9-13-29,30-14-18-32(56-2)19-15-30)31-16-20-33(57-3)21-17-31/h4-22,25,34-37,51-52H,23-24H2,1-3H3,(H,47,54)(H,48,49,53,55)/t34-,35+,36-,37?/m0/s1. The van der Waals surface area contributed by atoms with Gasteiger partial charge in [-0.2, -0.15) is 18.2 Å². The molecule has 2 amide bonds. The summed E-state index contributed by atoms with van der Waals surface area (Å²) >= 11 is 0. The highest BCUT2D eigenvalue weighted by Crippen LogP contribution is 2.47. The van der Waals surface area contributed by atoms with Gasteiger partial charge in [0.2, 0.25) is 0 Å². The van der Waals surface area contributed by atoms with E-state index >= 15 is 0 Å². The third-order valence-electron chi connectivity index (χ3n) is 9.96. The Morgan fingerprint density at radius 1 is 0.897 bits per heavy atom. The summed E-state index contributed by atoms with van der Waals surface area (Å²) in [4.78, 5) is 42.5. The molecule has 12 nitrogen and oxygen atoms in total. The Balaban J connectivity index is 1.41. The second kappa shape index (κ2) is 17.5. The first-order valence-corrected chi connectivity index (χ1v) is 18.1. The lowest BCUT2D eigenvalue weighted by Gasteiger charge is -2.43. The van der Waals surface area contributed by atoms with E-state index in [0.29, 0.717) is 28.2 Å². The smallest absolute Gasteiger partial charge is 0.471 e. The number of halogens is 3. The van der Waals surface area contributed by atoms with Crippen molar-refractivity contribution in [2.45, 2.75) is 49.5 Å². The number of ether oxygens (including phenoxy) is 3. The number of nitrogens with zero attached hydrogens (tertiary/aromatic N) is 2. The molecule has 6 rings (SSSR count). The molecule has 1 saturated heterocycles. The number of carbonyl (C=O) groups excluding carboxylic acids is 2. The van der Waals surface area contributed by atoms with E-state index in [1.807, 2.05) is 54.6 Å². The van der Waals surface area contributed by atoms with Crippen LogP contribution in [0.15, 0.2) is 126 Å². The number of aliphatic hydroxyl groups excluding tert-OH is 2. The van der Waals surface area contributed by atoms with Gasteiger partial charge in [-0.25, -0.2) is 4.79 Å². The molecule has 15 heteroatoms. The van der Waals surface area contributed by atoms with Crippen molar-refractivity contribution in [3.63, 3.8) is 0 Å². The van der Waals surface area contributed by atoms with Crippen molar-refractivity contribution in [3.8, 4) is 11.5 Å². The van der Waals surface area contributed by atoms with Crippen LogP contribution in [0.3, 0.4) is 0 Å². The Morgan fingerprint density at radius 2 is 1.43 bits per heavy atom. The van der Waals surface area contributed by atoms with Crippen LogP contribution in [0.2, 0.25) is 0 Å². The molecule has 58 heavy (non-hydrogen) atoms. The van der Waals surface area contributed by atoms with Crippen molar-refractivity contribution in [1.82, 2.24) is 14.9 Å². The number of carbonyl (C=O) groups is 2. The summed E-state index contributed by atoms with van der Waals surface area (Å²) in [6, 6.07) is 31.5. The van der Waals surface area contributed by atoms with Gasteiger partial charge in [0.1, 0.15) is 35.8 Å². The summed E-state index contributed by atoms with van der Waals surface area (Å²) in [5.74, 6) is -1.83. The second-order valence-electron chi connectivity index (χ2n) is 13.7. The van der Waals surface area contributed by atoms with E-state index in [1.165, 1.54) is 45.5 Å². The van der Waals surface area contributed by atoms with Crippen LogP contribution < -0.4 is 25.8 Å². The molecule has 4 N–H and O–H groups in total. The molecular formula is C43H41F3N4O8. The van der Waals surface area contributed by atoms with Crippen molar-refractivity contribution < 1.29 is 47.2 Å². The molecule has 0 aliphatic carbocycles. The van der Waals surface area contributed by atoms with Gasteiger partial charge in [0.25, 0.3) is 5.91 Å². The minimum Gasteiger partial charge on any atom is -0.497 e. The molecular weight excluding hydrogens is 757 g/mol. The van der Waals surface area contributed by atoms with Crippen LogP contribution in [0.5, 0.6) is 11.5 Å². The average Bonchev–Trinajstić information content (AvgIpc) is 3.62. The van der Waals surface area contributed by atoms with Crippen LogP contribution in [-0.4, -0.2) is 76.8 Å². The van der Waals surface area contributed by atoms with Gasteiger partial charge >= 0.3 is 17.8 Å². The molecule has 1 aliphatic rings. The fourth-order valence-electron chi connectivity index (χ4n) is 7.10. The van der Waals surface area contributed by atoms with Gasteiger partial charge in [-0.1, -0.05) is 78.4 Å². The number of amides is 2. The topological polar surface area (TPSA) is 161 Å². The van der Waals surface area contributed by atoms with Crippen LogP contribution in [0.1, 0.15) is 52.2 Å². The number of nitrogens with one attached hydrogen (secondary N) is 2. The normalized spacial score (nSPS) is 17.7. The number of alkyl halides is 3. The number of aromatic nitrogens is 2. The van der Waals surface area contributed by atoms with Crippen molar-refractivity contribution in [2.24, 2.45) is 0 Å². The minimum absolute atomic E-state index is 0.0832. The SMILES string of the molecule is COc1ccc(C(c2ccccc2)(c2ccc(OC)cc2)C(O)[C@H]2O[C@@H](n3cc(C=C(C)CNC(=O)C(F)(F)F)c(NC(=O)c4ccccc4)nc3=O)C[C@@H]2O)cc1. The summed E-state index contributed by atoms with van der Waals surface area (Å²) in [5.41, 5.74) is 0.203. The molecule has 302 valence electrons. The number of methoxy groups -OCH3 is 2. The number of aliphatic hydroxyl groups is 2. The first-order chi connectivity index (χ1) is 27.8. The lowest BCUT2D eigenvalue weighted by atomic mass is 9.64. The molecule has 1 unspecified atom stereocenters. The van der Waals surface area contributed by atoms with Gasteiger partial charge in [-0.15, -0.1) is 0 Å². The van der Waals surface area contributed by atoms with Gasteiger partial charge in [0.05, 0.1) is 25.7 Å². The zero-order chi connectivity index (χ0) is 41.6. The summed E-state index contributed by atoms with van der Waals surface area (Å²) < 4.78 is 57.1. The molecule has 4 aromatic carbocycles. The van der Waals surface area contributed by atoms with E-state index in [0.717, 1.165) is 4.57 Å². The molecule has 2 heterocycles. The number of anilines is 1. The van der Waals surface area contributed by atoms with Gasteiger partial charge in [0, 0.05) is 30.3 Å². The van der Waals surface area contributed by atoms with Crippen molar-refractivity contribution >= 4 is 23.7 Å². The summed E-state index contributed by atoms with van der Waals surface area (Å²) in [5, 5.41) is 28.8. The fraction of sp³-hybridized carbons (Fsp3) is 0.256. The van der Waals surface area contributed by atoms with E-state index in [9.17, 15) is 37.8 Å². The number of rotatable bonds is 13. The van der Waals surface area contributed by atoms with Crippen LogP contribution in [0, 0.1) is 0 Å². The summed E-state index contributed by atoms with van der Waals surface area (Å²) in [6.45, 7) is 0.924. The Labute approximate surface area is 331 Å². The predicted molar refractivity (Wildman–Crippen MR) is 208 cm³/mol. The second-order valence-corrected chi connectivity index (χ2v) is 13.7. The van der Waals surface area contributed by atoms with E-state index in [2.05, 4.69) is 10.3 Å². The molecule has 5 aromatic rings. The van der Waals surface area contributed by atoms with E-state index in [1.54, 1.807) is 47.8 Å². The lowest BCUT2D eigenvalue weighted by molar-refractivity contribution is -0.173. The largest absolute Gasteiger partial charge is 0.497 e. The molecule has 0 radical (unpaired) electrons. The van der Waals surface area contributed by atoms with E-state index in [-0.39, 0.29) is 28.9 Å². The lowest BCUT2D eigenvalue weighted by Crippen LogP contribution is -2.51. The van der Waals surface area contributed by atoms with Gasteiger partial charge in [0.15, 0.2) is 0 Å². The van der Waals surface area contributed by atoms with Gasteiger partial charge < -0.3 is 35.1 Å². The van der Waals surface area contributed by atoms with Crippen LogP contribution in [-0.2, 0) is 14.9 Å². The third kappa shape index (κ3) is 8.66. The van der Waals surface area contributed by atoms with E-state index in [4.69, 9.17) is 14.2 Å². The Hall–Kier alpha value is -6.29. The predicted octanol–water partition coefficient (Wildman–Crippen LogP) is 5.64. The Morgan fingerprint density at radius 3 is 1.97 bits per heavy atom. The Kier molecular flexibility index (Phi) is 12.4. The maximum atomic E-state index is 13.7. The molecule has 0 saturated carbocycles. The molecule has 1 aliphatic heterocycles. The van der Waals surface area contributed by atoms with Crippen LogP contribution in [0.4, 0.5) is 19.0 Å². The maximum absolute atomic E-state index is 13.7. The molecule has 1 aromatic heterocycles. The maximum Gasteiger partial charge on any atom is 0.471 e. The van der Waals surface area contributed by atoms with Crippen molar-refractivity contribution in [2.75, 3.05) is 26.1 Å². The average molecular weight is 799 g/mol. The molecule has 0 bridgehead atoms. The summed E-state index contributed by atoms with van der Waals surface area (Å²) in [7, 11) is 3.07.